The first-order valence-electron chi connectivity index (χ1n) is 26.4. The highest BCUT2D eigenvalue weighted by atomic mass is 32.3. The van der Waals surface area contributed by atoms with Gasteiger partial charge in [0.05, 0.1) is 51.8 Å². The van der Waals surface area contributed by atoms with Crippen molar-refractivity contribution in [3.63, 3.8) is 0 Å². The Morgan fingerprint density at radius 3 is 1.48 bits per heavy atom. The van der Waals surface area contributed by atoms with Crippen LogP contribution in [0.2, 0.25) is 0 Å². The normalized spacial score (nSPS) is 44.8. The first-order chi connectivity index (χ1) is 40.2. The maximum absolute atomic E-state index is 13.1. The van der Waals surface area contributed by atoms with Gasteiger partial charge in [-0.1, -0.05) is 0 Å². The Kier molecular flexibility index (Phi) is 25.2. The SMILES string of the molecule is CC(=O)N[C@@H]1[C@@H](O[C@@H]2O[C@H](CO)[C@H](O)[C@H](O[C@]3(C(=O)O)C[C@H](O)[C@@H](NC(C)=O)[C@H]([C@H](O)[C@H](O)CO)O3)[C@H]2O)[C@@H](O)[C@@H](CO[C@@H]2O[C@H](COS(=O)(=O)O)[C@@H](O[C@@H]3O[C@H](CO)[C@H](O)[C@H](O)[C@H]3O)[C@H](O[C@@H]3O[C@@H](CO)[C@@H](O)[C@@H](O)[C@@H]3O)[C@H]2NC(C)=O)O[C@@H]1O. The summed E-state index contributed by atoms with van der Waals surface area (Å²) < 4.78 is 102. The lowest BCUT2D eigenvalue weighted by molar-refractivity contribution is -0.383. The Hall–Kier alpha value is -3.37. The fourth-order valence-corrected chi connectivity index (χ4v) is 10.8. The number of amides is 3. The van der Waals surface area contributed by atoms with E-state index in [4.69, 9.17) is 52.1 Å². The quantitative estimate of drug-likeness (QED) is 0.0399. The molecule has 0 aromatic rings. The Bertz CT molecular complexity index is 2350. The monoisotopic (exact) mass is 1280 g/mol. The van der Waals surface area contributed by atoms with Crippen molar-refractivity contribution in [3.8, 4) is 0 Å². The van der Waals surface area contributed by atoms with E-state index in [0.717, 1.165) is 20.8 Å². The molecule has 6 fully saturated rings. The minimum absolute atomic E-state index is 0.858. The van der Waals surface area contributed by atoms with Crippen molar-refractivity contribution in [2.45, 2.75) is 217 Å². The topological polar surface area (TPSA) is 634 Å². The number of rotatable bonds is 24. The van der Waals surface area contributed by atoms with Gasteiger partial charge >= 0.3 is 16.4 Å². The average molecular weight is 1280 g/mol. The number of aliphatic hydroxyl groups excluding tert-OH is 17. The van der Waals surface area contributed by atoms with E-state index in [9.17, 15) is 124 Å². The summed E-state index contributed by atoms with van der Waals surface area (Å²) in [4.78, 5) is 50.9. The number of carboxylic acid groups (broad SMARTS) is 1. The van der Waals surface area contributed by atoms with Gasteiger partial charge in [0, 0.05) is 27.2 Å². The summed E-state index contributed by atoms with van der Waals surface area (Å²) in [7, 11) is -5.47. The molecule has 0 aromatic carbocycles. The van der Waals surface area contributed by atoms with Crippen LogP contribution in [0, 0.1) is 0 Å². The van der Waals surface area contributed by atoms with Crippen LogP contribution in [0.25, 0.3) is 0 Å². The van der Waals surface area contributed by atoms with Gasteiger partial charge in [0.2, 0.25) is 17.7 Å². The highest BCUT2D eigenvalue weighted by Crippen LogP contribution is 2.40. The molecule has 3 amide bonds. The molecule has 6 rings (SSSR count). The highest BCUT2D eigenvalue weighted by Gasteiger charge is 2.61. The van der Waals surface area contributed by atoms with Gasteiger partial charge in [0.1, 0.15) is 140 Å². The maximum atomic E-state index is 13.1. The molecule has 31 atom stereocenters. The predicted molar refractivity (Wildman–Crippen MR) is 262 cm³/mol. The Morgan fingerprint density at radius 2 is 0.988 bits per heavy atom. The van der Waals surface area contributed by atoms with Crippen LogP contribution >= 0.6 is 0 Å². The molecule has 6 saturated heterocycles. The van der Waals surface area contributed by atoms with Crippen LogP contribution in [0.5, 0.6) is 0 Å². The molecule has 0 unspecified atom stereocenters. The lowest BCUT2D eigenvalue weighted by atomic mass is 9.88. The summed E-state index contributed by atoms with van der Waals surface area (Å²) >= 11 is 0. The Balaban J connectivity index is 1.34. The third kappa shape index (κ3) is 16.4. The van der Waals surface area contributed by atoms with Crippen molar-refractivity contribution in [2.75, 3.05) is 39.6 Å². The van der Waals surface area contributed by atoms with Gasteiger partial charge in [-0.05, 0) is 0 Å². The Labute approximate surface area is 486 Å². The van der Waals surface area contributed by atoms with Gasteiger partial charge in [0.25, 0.3) is 5.79 Å². The summed E-state index contributed by atoms with van der Waals surface area (Å²) in [6.07, 6.45) is -59.2. The van der Waals surface area contributed by atoms with Crippen LogP contribution in [0.3, 0.4) is 0 Å². The Morgan fingerprint density at radius 1 is 0.535 bits per heavy atom. The molecule has 40 nitrogen and oxygen atoms in total. The van der Waals surface area contributed by atoms with Gasteiger partial charge < -0.3 is 160 Å². The van der Waals surface area contributed by atoms with E-state index < -0.39 is 270 Å². The van der Waals surface area contributed by atoms with Crippen LogP contribution in [0.15, 0.2) is 0 Å². The minimum Gasteiger partial charge on any atom is -0.477 e. The third-order valence-electron chi connectivity index (χ3n) is 14.8. The highest BCUT2D eigenvalue weighted by molar-refractivity contribution is 7.80. The summed E-state index contributed by atoms with van der Waals surface area (Å²) in [5.41, 5.74) is 0. The number of ether oxygens (including phenoxy) is 11. The molecule has 0 aromatic heterocycles. The molecule has 0 radical (unpaired) electrons. The summed E-state index contributed by atoms with van der Waals surface area (Å²) in [6.45, 7) is -4.15. The van der Waals surface area contributed by atoms with Crippen molar-refractivity contribution in [2.24, 2.45) is 0 Å². The van der Waals surface area contributed by atoms with Crippen LogP contribution in [-0.2, 0) is 85.9 Å². The summed E-state index contributed by atoms with van der Waals surface area (Å²) in [5, 5.41) is 201. The largest absolute Gasteiger partial charge is 0.477 e. The van der Waals surface area contributed by atoms with Crippen LogP contribution in [0.4, 0.5) is 0 Å². The molecular formula is C45H75N3O37S. The second kappa shape index (κ2) is 30.2. The zero-order valence-electron chi connectivity index (χ0n) is 45.5. The zero-order valence-corrected chi connectivity index (χ0v) is 46.3. The van der Waals surface area contributed by atoms with Gasteiger partial charge in [-0.3, -0.25) is 18.9 Å². The summed E-state index contributed by atoms with van der Waals surface area (Å²) in [5.74, 6) is -8.20. The number of carboxylic acids is 1. The number of nitrogens with one attached hydrogen (secondary N) is 3. The van der Waals surface area contributed by atoms with Gasteiger partial charge in [-0.15, -0.1) is 0 Å². The molecule has 86 heavy (non-hydrogen) atoms. The molecule has 22 N–H and O–H groups in total. The van der Waals surface area contributed by atoms with Crippen molar-refractivity contribution in [1.29, 1.82) is 0 Å². The molecule has 0 saturated carbocycles. The summed E-state index contributed by atoms with van der Waals surface area (Å²) in [6, 6.07) is -5.61. The third-order valence-corrected chi connectivity index (χ3v) is 15.2. The van der Waals surface area contributed by atoms with Crippen molar-refractivity contribution in [3.05, 3.63) is 0 Å². The molecular weight excluding hydrogens is 1210 g/mol. The van der Waals surface area contributed by atoms with E-state index in [-0.39, 0.29) is 0 Å². The smallest absolute Gasteiger partial charge is 0.397 e. The average Bonchev–Trinajstić information content (AvgIpc) is 0.890. The molecule has 498 valence electrons. The maximum Gasteiger partial charge on any atom is 0.397 e. The van der Waals surface area contributed by atoms with Crippen molar-refractivity contribution < 1.29 is 180 Å². The van der Waals surface area contributed by atoms with Crippen LogP contribution < -0.4 is 16.0 Å². The lowest BCUT2D eigenvalue weighted by Crippen LogP contribution is -2.71. The molecule has 41 heteroatoms. The van der Waals surface area contributed by atoms with E-state index in [1.807, 2.05) is 0 Å². The molecule has 0 bridgehead atoms. The lowest BCUT2D eigenvalue weighted by Gasteiger charge is -2.51. The zero-order chi connectivity index (χ0) is 64.2. The first-order valence-corrected chi connectivity index (χ1v) is 27.8. The van der Waals surface area contributed by atoms with Crippen LogP contribution in [0.1, 0.15) is 27.2 Å². The van der Waals surface area contributed by atoms with Gasteiger partial charge in [-0.25, -0.2) is 8.98 Å². The number of aliphatic hydroxyl groups is 17. The molecule has 6 heterocycles. The fourth-order valence-electron chi connectivity index (χ4n) is 10.5. The number of hydrogen-bond donors (Lipinski definition) is 22. The molecule has 0 spiro atoms. The second-order valence-electron chi connectivity index (χ2n) is 21.0. The first kappa shape index (κ1) is 71.7. The van der Waals surface area contributed by atoms with Crippen molar-refractivity contribution >= 4 is 34.1 Å². The van der Waals surface area contributed by atoms with E-state index >= 15 is 0 Å². The second-order valence-corrected chi connectivity index (χ2v) is 22.1. The number of hydrogen-bond acceptors (Lipinski definition) is 35. The molecule has 0 aliphatic carbocycles. The van der Waals surface area contributed by atoms with E-state index in [2.05, 4.69) is 20.1 Å². The molecule has 6 aliphatic heterocycles. The standard InChI is InChI=1S/C45H75N3O37S/c1-11(53)46-21-14(56)4-45(44(69)70,84-36(21)24(58)15(57)5-49)85-38-27(61)18(8-52)79-43(33(38)67)82-35-22(47-12(2)54)39(68)76-19(28(35)62)9-74-40-23(48-13(3)55)37(83-42-32(66)30(64)26(60)17(7-51)78-42)34(20(80-40)10-75-86(71,72)73)81-41-31(65)29(63)25(59)16(6-50)77-41/h14-43,49-52,56-68H,4-10H2,1-3H3,(H,46,53)(H,47,54)(H,48,55)(H,69,70)(H,71,72,73)/t14-,15+,16+,17-,18+,19+,20+,21+,22+,23+,24+,25-,26+,27-,28-,29-,30+,31+,32-,33+,34+,35+,36+,37+,38-,39-,40+,41-,42-,43-,45-/m0/s1. The van der Waals surface area contributed by atoms with Crippen LogP contribution in [-0.4, -0.2) is 358 Å². The predicted octanol–water partition coefficient (Wildman–Crippen LogP) is -14.6. The van der Waals surface area contributed by atoms with E-state index in [0.29, 0.717) is 0 Å². The number of carbonyl (C=O) groups excluding carboxylic acids is 3. The number of aliphatic carboxylic acids is 1. The fraction of sp³-hybridized carbons (Fsp3) is 0.911. The van der Waals surface area contributed by atoms with E-state index in [1.165, 1.54) is 0 Å². The van der Waals surface area contributed by atoms with E-state index in [1.54, 1.807) is 0 Å². The molecule has 6 aliphatic rings. The van der Waals surface area contributed by atoms with Crippen molar-refractivity contribution in [1.82, 2.24) is 16.0 Å². The number of carbonyl (C=O) groups is 4. The van der Waals surface area contributed by atoms with Gasteiger partial charge in [-0.2, -0.15) is 8.42 Å². The van der Waals surface area contributed by atoms with Gasteiger partial charge in [0.15, 0.2) is 31.5 Å². The minimum atomic E-state index is -5.47.